The van der Waals surface area contributed by atoms with Crippen LogP contribution in [0.25, 0.3) is 0 Å². The molecule has 1 aliphatic heterocycles. The third kappa shape index (κ3) is 1.11. The van der Waals surface area contributed by atoms with E-state index in [-0.39, 0.29) is 29.8 Å². The lowest BCUT2D eigenvalue weighted by molar-refractivity contribution is -0.153. The summed E-state index contributed by atoms with van der Waals surface area (Å²) >= 11 is 0. The highest BCUT2D eigenvalue weighted by Crippen LogP contribution is 2.46. The molecule has 16 heavy (non-hydrogen) atoms. The van der Waals surface area contributed by atoms with E-state index in [2.05, 4.69) is 4.74 Å². The van der Waals surface area contributed by atoms with E-state index in [0.717, 1.165) is 0 Å². The Balaban J connectivity index is 1.92. The number of fused-ring (bicyclic) bond motifs is 2. The van der Waals surface area contributed by atoms with Crippen molar-refractivity contribution in [2.24, 2.45) is 23.7 Å². The molecule has 3 fully saturated rings. The summed E-state index contributed by atoms with van der Waals surface area (Å²) in [7, 11) is 0. The number of carbonyl (C=O) groups excluding carboxylic acids is 4. The molecule has 0 N–H and O–H groups in total. The van der Waals surface area contributed by atoms with Gasteiger partial charge in [0.25, 0.3) is 0 Å². The molecule has 0 bridgehead atoms. The van der Waals surface area contributed by atoms with Crippen molar-refractivity contribution in [3.05, 3.63) is 0 Å². The van der Waals surface area contributed by atoms with Gasteiger partial charge in [0.15, 0.2) is 0 Å². The molecular formula is C11H10O5. The maximum Gasteiger partial charge on any atom is 0.317 e. The highest BCUT2D eigenvalue weighted by atomic mass is 16.6. The summed E-state index contributed by atoms with van der Waals surface area (Å²) in [5, 5.41) is 0. The lowest BCUT2D eigenvalue weighted by Gasteiger charge is -2.28. The fraction of sp³-hybridized carbons (Fsp3) is 0.636. The quantitative estimate of drug-likeness (QED) is 0.421. The van der Waals surface area contributed by atoms with Crippen LogP contribution < -0.4 is 0 Å². The lowest BCUT2D eigenvalue weighted by Crippen LogP contribution is -2.35. The molecule has 2 aliphatic carbocycles. The van der Waals surface area contributed by atoms with Crippen molar-refractivity contribution in [2.75, 3.05) is 0 Å². The van der Waals surface area contributed by atoms with Gasteiger partial charge < -0.3 is 4.74 Å². The molecule has 5 nitrogen and oxygen atoms in total. The van der Waals surface area contributed by atoms with Crippen LogP contribution in [-0.4, -0.2) is 23.5 Å². The molecule has 4 unspecified atom stereocenters. The van der Waals surface area contributed by atoms with E-state index in [9.17, 15) is 19.2 Å². The topological polar surface area (TPSA) is 77.5 Å². The molecule has 1 heterocycles. The number of carbonyl (C=O) groups is 4. The number of ketones is 2. The molecule has 4 atom stereocenters. The lowest BCUT2D eigenvalue weighted by atomic mass is 9.70. The summed E-state index contributed by atoms with van der Waals surface area (Å²) in [6, 6.07) is 0. The van der Waals surface area contributed by atoms with Crippen LogP contribution >= 0.6 is 0 Å². The molecule has 84 valence electrons. The van der Waals surface area contributed by atoms with Gasteiger partial charge in [0.05, 0.1) is 18.3 Å². The normalized spacial score (nSPS) is 42.0. The first-order valence-electron chi connectivity index (χ1n) is 5.39. The van der Waals surface area contributed by atoms with E-state index in [4.69, 9.17) is 0 Å². The number of esters is 2. The van der Waals surface area contributed by atoms with Crippen molar-refractivity contribution in [3.8, 4) is 0 Å². The molecule has 0 spiro atoms. The number of Topliss-reactive ketones (excluding diaryl/α,β-unsaturated/α-hetero) is 2. The predicted octanol–water partition coefficient (Wildman–Crippen LogP) is -0.130. The van der Waals surface area contributed by atoms with Crippen molar-refractivity contribution in [2.45, 2.75) is 19.3 Å². The Kier molecular flexibility index (Phi) is 1.81. The Morgan fingerprint density at radius 1 is 0.750 bits per heavy atom. The summed E-state index contributed by atoms with van der Waals surface area (Å²) in [5.74, 6) is -2.92. The maximum atomic E-state index is 11.5. The van der Waals surface area contributed by atoms with Gasteiger partial charge in [-0.15, -0.1) is 0 Å². The fourth-order valence-corrected chi connectivity index (χ4v) is 3.12. The van der Waals surface area contributed by atoms with Crippen LogP contribution in [0.4, 0.5) is 0 Å². The molecule has 5 heteroatoms. The van der Waals surface area contributed by atoms with Crippen molar-refractivity contribution in [1.29, 1.82) is 0 Å². The van der Waals surface area contributed by atoms with Crippen LogP contribution in [0.2, 0.25) is 0 Å². The van der Waals surface area contributed by atoms with Crippen LogP contribution in [0.1, 0.15) is 19.3 Å². The summed E-state index contributed by atoms with van der Waals surface area (Å²) in [4.78, 5) is 45.8. The van der Waals surface area contributed by atoms with Crippen LogP contribution in [-0.2, 0) is 23.9 Å². The standard InChI is InChI=1S/C11H10O5/c12-8-3-9(13)5-2-7-6(1-4(5)8)10(14)16-11(7)15/h4-7H,1-3H2. The number of rotatable bonds is 0. The SMILES string of the molecule is O=C1CC(=O)C2CC3C(=O)OC(=O)C3CC12. The minimum Gasteiger partial charge on any atom is -0.393 e. The van der Waals surface area contributed by atoms with E-state index in [1.807, 2.05) is 0 Å². The Labute approximate surface area is 91.1 Å². The van der Waals surface area contributed by atoms with Crippen molar-refractivity contribution < 1.29 is 23.9 Å². The first kappa shape index (κ1) is 9.69. The van der Waals surface area contributed by atoms with Gasteiger partial charge in [-0.2, -0.15) is 0 Å². The first-order valence-corrected chi connectivity index (χ1v) is 5.39. The molecule has 3 rings (SSSR count). The number of cyclic esters (lactones) is 2. The second-order valence-corrected chi connectivity index (χ2v) is 4.75. The van der Waals surface area contributed by atoms with Gasteiger partial charge in [-0.3, -0.25) is 19.2 Å². The Bertz CT molecular complexity index is 348. The zero-order chi connectivity index (χ0) is 11.4. The van der Waals surface area contributed by atoms with Gasteiger partial charge in [0.2, 0.25) is 0 Å². The molecule has 3 aliphatic rings. The van der Waals surface area contributed by atoms with Crippen molar-refractivity contribution in [1.82, 2.24) is 0 Å². The second kappa shape index (κ2) is 2.99. The second-order valence-electron chi connectivity index (χ2n) is 4.75. The molecular weight excluding hydrogens is 212 g/mol. The predicted molar refractivity (Wildman–Crippen MR) is 48.9 cm³/mol. The average Bonchev–Trinajstić information content (AvgIpc) is 2.67. The Morgan fingerprint density at radius 2 is 1.19 bits per heavy atom. The molecule has 0 aromatic rings. The van der Waals surface area contributed by atoms with E-state index in [1.165, 1.54) is 0 Å². The Hall–Kier alpha value is -1.52. The van der Waals surface area contributed by atoms with E-state index < -0.39 is 23.8 Å². The summed E-state index contributed by atoms with van der Waals surface area (Å²) in [6.45, 7) is 0. The van der Waals surface area contributed by atoms with Crippen LogP contribution in [0.15, 0.2) is 0 Å². The van der Waals surface area contributed by atoms with Crippen LogP contribution in [0.3, 0.4) is 0 Å². The largest absolute Gasteiger partial charge is 0.393 e. The fourth-order valence-electron chi connectivity index (χ4n) is 3.12. The average molecular weight is 222 g/mol. The van der Waals surface area contributed by atoms with Crippen LogP contribution in [0, 0.1) is 23.7 Å². The van der Waals surface area contributed by atoms with Gasteiger partial charge in [0, 0.05) is 11.8 Å². The van der Waals surface area contributed by atoms with Crippen molar-refractivity contribution >= 4 is 23.5 Å². The molecule has 0 aromatic heterocycles. The zero-order valence-corrected chi connectivity index (χ0v) is 8.47. The monoisotopic (exact) mass is 222 g/mol. The first-order chi connectivity index (χ1) is 7.58. The summed E-state index contributed by atoms with van der Waals surface area (Å²) in [5.41, 5.74) is 0. The molecule has 0 amide bonds. The molecule has 0 aromatic carbocycles. The third-order valence-electron chi connectivity index (χ3n) is 3.97. The number of hydrogen-bond donors (Lipinski definition) is 0. The summed E-state index contributed by atoms with van der Waals surface area (Å²) < 4.78 is 4.54. The van der Waals surface area contributed by atoms with E-state index >= 15 is 0 Å². The highest BCUT2D eigenvalue weighted by Gasteiger charge is 2.56. The van der Waals surface area contributed by atoms with Gasteiger partial charge in [0.1, 0.15) is 11.6 Å². The number of hydrogen-bond acceptors (Lipinski definition) is 5. The molecule has 1 saturated heterocycles. The third-order valence-corrected chi connectivity index (χ3v) is 3.97. The van der Waals surface area contributed by atoms with Gasteiger partial charge in [-0.05, 0) is 12.8 Å². The van der Waals surface area contributed by atoms with Gasteiger partial charge in [-0.1, -0.05) is 0 Å². The Morgan fingerprint density at radius 3 is 1.62 bits per heavy atom. The number of ether oxygens (including phenoxy) is 1. The van der Waals surface area contributed by atoms with E-state index in [0.29, 0.717) is 12.8 Å². The zero-order valence-electron chi connectivity index (χ0n) is 8.47. The van der Waals surface area contributed by atoms with Gasteiger partial charge in [-0.25, -0.2) is 0 Å². The molecule has 0 radical (unpaired) electrons. The smallest absolute Gasteiger partial charge is 0.317 e. The summed E-state index contributed by atoms with van der Waals surface area (Å²) in [6.07, 6.45) is 0.590. The van der Waals surface area contributed by atoms with E-state index in [1.54, 1.807) is 0 Å². The molecule has 2 saturated carbocycles. The minimum absolute atomic E-state index is 0.0298. The van der Waals surface area contributed by atoms with Crippen molar-refractivity contribution in [3.63, 3.8) is 0 Å². The van der Waals surface area contributed by atoms with Gasteiger partial charge >= 0.3 is 11.9 Å². The maximum absolute atomic E-state index is 11.5. The van der Waals surface area contributed by atoms with Crippen LogP contribution in [0.5, 0.6) is 0 Å². The highest BCUT2D eigenvalue weighted by molar-refractivity contribution is 6.09. The minimum atomic E-state index is -0.527.